The number of rotatable bonds is 7. The van der Waals surface area contributed by atoms with Gasteiger partial charge in [-0.05, 0) is 6.07 Å². The van der Waals surface area contributed by atoms with Crippen molar-refractivity contribution in [3.8, 4) is 29.4 Å². The van der Waals surface area contributed by atoms with Crippen LogP contribution in [0.2, 0.25) is 0 Å². The number of benzene rings is 1. The molecule has 11 nitrogen and oxygen atoms in total. The van der Waals surface area contributed by atoms with Gasteiger partial charge in [0.1, 0.15) is 11.8 Å². The number of nitrogens with zero attached hydrogens (tertiary/aromatic N) is 3. The predicted molar refractivity (Wildman–Crippen MR) is 99.6 cm³/mol. The first-order chi connectivity index (χ1) is 13.7. The number of ether oxygens (including phenoxy) is 1. The van der Waals surface area contributed by atoms with Gasteiger partial charge in [-0.3, -0.25) is 14.9 Å². The zero-order valence-corrected chi connectivity index (χ0v) is 15.6. The highest BCUT2D eigenvalue weighted by molar-refractivity contribution is 6.03. The van der Waals surface area contributed by atoms with E-state index < -0.39 is 46.3 Å². The summed E-state index contributed by atoms with van der Waals surface area (Å²) >= 11 is 0. The molecule has 0 heterocycles. The van der Waals surface area contributed by atoms with E-state index in [1.165, 1.54) is 7.05 Å². The summed E-state index contributed by atoms with van der Waals surface area (Å²) in [5, 5.41) is 58.4. The monoisotopic (exact) mass is 405 g/mol. The number of methoxy groups -OCH3 is 1. The topological polar surface area (TPSA) is 177 Å². The molecule has 1 unspecified atom stereocenters. The van der Waals surface area contributed by atoms with Crippen LogP contribution in [0.15, 0.2) is 17.7 Å². The maximum absolute atomic E-state index is 12.4. The number of carbonyl (C=O) groups excluding carboxylic acids is 1. The fraction of sp³-hybridized carbons (Fsp3) is 0.333. The van der Waals surface area contributed by atoms with Gasteiger partial charge in [0.15, 0.2) is 11.3 Å². The lowest BCUT2D eigenvalue weighted by molar-refractivity contribution is -0.386. The molecule has 1 rings (SSSR count). The van der Waals surface area contributed by atoms with Crippen molar-refractivity contribution < 1.29 is 34.9 Å². The summed E-state index contributed by atoms with van der Waals surface area (Å²) in [5.41, 5.74) is -1.76. The normalized spacial score (nSPS) is 12.0. The largest absolute Gasteiger partial charge is 0.506 e. The molecule has 1 aromatic rings. The fourth-order valence-corrected chi connectivity index (χ4v) is 2.06. The molecule has 29 heavy (non-hydrogen) atoms. The van der Waals surface area contributed by atoms with Gasteiger partial charge < -0.3 is 30.1 Å². The van der Waals surface area contributed by atoms with E-state index in [-0.39, 0.29) is 24.3 Å². The summed E-state index contributed by atoms with van der Waals surface area (Å²) in [6.07, 6.45) is -1.02. The van der Waals surface area contributed by atoms with Crippen molar-refractivity contribution >= 4 is 17.4 Å². The number of aliphatic hydroxyl groups excluding tert-OH is 3. The quantitative estimate of drug-likeness (QED) is 0.124. The summed E-state index contributed by atoms with van der Waals surface area (Å²) in [6.45, 7) is -0.602. The van der Waals surface area contributed by atoms with Gasteiger partial charge in [0.25, 0.3) is 5.91 Å². The minimum Gasteiger partial charge on any atom is -0.506 e. The second kappa shape index (κ2) is 10.5. The minimum atomic E-state index is -1.01. The second-order valence-corrected chi connectivity index (χ2v) is 5.69. The van der Waals surface area contributed by atoms with E-state index >= 15 is 0 Å². The van der Waals surface area contributed by atoms with E-state index in [9.17, 15) is 35.5 Å². The van der Waals surface area contributed by atoms with E-state index in [1.54, 1.807) is 6.07 Å². The van der Waals surface area contributed by atoms with Crippen LogP contribution in [0.5, 0.6) is 11.5 Å². The van der Waals surface area contributed by atoms with Crippen molar-refractivity contribution in [3.63, 3.8) is 0 Å². The second-order valence-electron chi connectivity index (χ2n) is 5.69. The molecule has 1 amide bonds. The van der Waals surface area contributed by atoms with Gasteiger partial charge in [-0.1, -0.05) is 11.8 Å². The van der Waals surface area contributed by atoms with Crippen molar-refractivity contribution in [1.82, 2.24) is 4.90 Å². The molecule has 0 aliphatic heterocycles. The van der Waals surface area contributed by atoms with Crippen LogP contribution in [0.3, 0.4) is 0 Å². The van der Waals surface area contributed by atoms with Gasteiger partial charge in [0.05, 0.1) is 31.3 Å². The van der Waals surface area contributed by atoms with Gasteiger partial charge in [-0.25, -0.2) is 0 Å². The number of phenolic OH excluding ortho intramolecular Hbond substituents is 1. The summed E-state index contributed by atoms with van der Waals surface area (Å²) in [4.78, 5) is 23.6. The van der Waals surface area contributed by atoms with Crippen LogP contribution in [-0.2, 0) is 4.79 Å². The van der Waals surface area contributed by atoms with Crippen molar-refractivity contribution in [2.45, 2.75) is 12.5 Å². The molecule has 0 saturated carbocycles. The molecule has 154 valence electrons. The lowest BCUT2D eigenvalue weighted by Gasteiger charge is -2.14. The standard InChI is InChI=1S/C18H19N3O8/c1-20(6-4-3-5-12(23)10-22)18(26)13(9-19)16(24)11-7-14(21(27)28)17(25)15(8-11)29-2/h7-8,12,22-25H,5-6,10H2,1-2H3/b16-13-. The minimum absolute atomic E-state index is 0.0122. The van der Waals surface area contributed by atoms with Gasteiger partial charge in [-0.15, -0.1) is 0 Å². The molecule has 0 saturated heterocycles. The molecule has 0 fully saturated rings. The number of aromatic hydroxyl groups is 1. The summed E-state index contributed by atoms with van der Waals surface area (Å²) < 4.78 is 4.82. The van der Waals surface area contributed by atoms with Crippen LogP contribution in [-0.4, -0.2) is 69.6 Å². The first-order valence-electron chi connectivity index (χ1n) is 8.07. The number of likely N-dealkylation sites (N-methyl/N-ethyl adjacent to an activating group) is 1. The average molecular weight is 405 g/mol. The van der Waals surface area contributed by atoms with Crippen LogP contribution in [0.1, 0.15) is 12.0 Å². The zero-order valence-electron chi connectivity index (χ0n) is 15.6. The van der Waals surface area contributed by atoms with Crippen molar-refractivity contribution in [3.05, 3.63) is 33.4 Å². The van der Waals surface area contributed by atoms with Gasteiger partial charge in [0.2, 0.25) is 5.75 Å². The molecule has 0 spiro atoms. The fourth-order valence-electron chi connectivity index (χ4n) is 2.06. The predicted octanol–water partition coefficient (Wildman–Crippen LogP) is 0.307. The molecule has 4 N–H and O–H groups in total. The first-order valence-corrected chi connectivity index (χ1v) is 8.07. The molecular weight excluding hydrogens is 386 g/mol. The van der Waals surface area contributed by atoms with Gasteiger partial charge in [-0.2, -0.15) is 5.26 Å². The van der Waals surface area contributed by atoms with E-state index in [2.05, 4.69) is 11.8 Å². The number of hydrogen-bond donors (Lipinski definition) is 4. The van der Waals surface area contributed by atoms with Crippen molar-refractivity contribution in [2.75, 3.05) is 27.3 Å². The number of nitro benzene ring substituents is 1. The van der Waals surface area contributed by atoms with Crippen LogP contribution < -0.4 is 4.74 Å². The van der Waals surface area contributed by atoms with E-state index in [1.807, 2.05) is 0 Å². The maximum Gasteiger partial charge on any atom is 0.315 e. The van der Waals surface area contributed by atoms with Crippen LogP contribution in [0.25, 0.3) is 5.76 Å². The highest BCUT2D eigenvalue weighted by Crippen LogP contribution is 2.38. The molecule has 0 aliphatic carbocycles. The van der Waals surface area contributed by atoms with E-state index in [4.69, 9.17) is 9.84 Å². The molecule has 11 heteroatoms. The highest BCUT2D eigenvalue weighted by Gasteiger charge is 2.25. The van der Waals surface area contributed by atoms with Crippen molar-refractivity contribution in [2.24, 2.45) is 0 Å². The summed E-state index contributed by atoms with van der Waals surface area (Å²) in [6, 6.07) is 3.38. The third-order valence-electron chi connectivity index (χ3n) is 3.64. The SMILES string of the molecule is COc1cc(/C(O)=C(\C#N)C(=O)N(C)CC#CCC(O)CO)cc([N+](=O)[O-])c1O. The number of nitro groups is 1. The average Bonchev–Trinajstić information content (AvgIpc) is 2.70. The third-order valence-corrected chi connectivity index (χ3v) is 3.64. The third kappa shape index (κ3) is 5.84. The molecule has 0 aromatic heterocycles. The van der Waals surface area contributed by atoms with Crippen LogP contribution in [0.4, 0.5) is 5.69 Å². The number of aliphatic hydroxyl groups is 3. The Kier molecular flexibility index (Phi) is 8.42. The maximum atomic E-state index is 12.4. The van der Waals surface area contributed by atoms with Crippen LogP contribution >= 0.6 is 0 Å². The summed E-state index contributed by atoms with van der Waals surface area (Å²) in [7, 11) is 2.45. The van der Waals surface area contributed by atoms with Crippen molar-refractivity contribution in [1.29, 1.82) is 5.26 Å². The lowest BCUT2D eigenvalue weighted by atomic mass is 10.1. The van der Waals surface area contributed by atoms with Gasteiger partial charge in [0, 0.05) is 25.1 Å². The molecule has 1 atom stereocenters. The Balaban J connectivity index is 3.23. The lowest BCUT2D eigenvalue weighted by Crippen LogP contribution is -2.28. The Labute approximate surface area is 165 Å². The molecular formula is C18H19N3O8. The number of nitriles is 1. The Hall–Kier alpha value is -3.80. The zero-order chi connectivity index (χ0) is 22.1. The highest BCUT2D eigenvalue weighted by atomic mass is 16.6. The summed E-state index contributed by atoms with van der Waals surface area (Å²) in [5.74, 6) is 2.27. The van der Waals surface area contributed by atoms with E-state index in [0.717, 1.165) is 24.1 Å². The number of carbonyl (C=O) groups is 1. The Morgan fingerprint density at radius 2 is 2.07 bits per heavy atom. The molecule has 0 bridgehead atoms. The Morgan fingerprint density at radius 1 is 1.41 bits per heavy atom. The molecule has 0 aliphatic rings. The van der Waals surface area contributed by atoms with E-state index in [0.29, 0.717) is 0 Å². The van der Waals surface area contributed by atoms with Crippen LogP contribution in [0, 0.1) is 33.3 Å². The molecule has 0 radical (unpaired) electrons. The molecule has 1 aromatic carbocycles. The smallest absolute Gasteiger partial charge is 0.315 e. The number of amides is 1. The Bertz CT molecular complexity index is 924. The number of phenols is 1. The number of hydrogen-bond acceptors (Lipinski definition) is 9. The first kappa shape index (κ1) is 23.2. The van der Waals surface area contributed by atoms with Gasteiger partial charge >= 0.3 is 5.69 Å². The Morgan fingerprint density at radius 3 is 2.59 bits per heavy atom.